The maximum Gasteiger partial charge on any atom is 0.252 e. The summed E-state index contributed by atoms with van der Waals surface area (Å²) in [5.74, 6) is 0.627. The van der Waals surface area contributed by atoms with Crippen LogP contribution in [0.5, 0.6) is 0 Å². The quantitative estimate of drug-likeness (QED) is 0.757. The van der Waals surface area contributed by atoms with Crippen LogP contribution in [-0.4, -0.2) is 26.3 Å². The van der Waals surface area contributed by atoms with Crippen LogP contribution < -0.4 is 5.32 Å². The second-order valence-electron chi connectivity index (χ2n) is 4.74. The summed E-state index contributed by atoms with van der Waals surface area (Å²) < 4.78 is 31.8. The molecule has 0 aromatic carbocycles. The van der Waals surface area contributed by atoms with E-state index < -0.39 is 10.0 Å². The monoisotopic (exact) mass is 328 g/mol. The van der Waals surface area contributed by atoms with Gasteiger partial charge in [0.2, 0.25) is 0 Å². The van der Waals surface area contributed by atoms with Gasteiger partial charge in [-0.2, -0.15) is 4.31 Å². The van der Waals surface area contributed by atoms with Gasteiger partial charge in [0, 0.05) is 18.5 Å². The molecular formula is C14H20N2O3S2. The van der Waals surface area contributed by atoms with Crippen LogP contribution in [0.3, 0.4) is 0 Å². The third-order valence-corrected chi connectivity index (χ3v) is 6.34. The summed E-state index contributed by atoms with van der Waals surface area (Å²) in [5, 5.41) is 3.27. The van der Waals surface area contributed by atoms with Crippen molar-refractivity contribution in [3.05, 3.63) is 41.2 Å². The highest BCUT2D eigenvalue weighted by atomic mass is 32.2. The lowest BCUT2D eigenvalue weighted by molar-refractivity contribution is 0.407. The summed E-state index contributed by atoms with van der Waals surface area (Å²) in [7, 11) is -1.90. The molecule has 0 aliphatic carbocycles. The highest BCUT2D eigenvalue weighted by molar-refractivity contribution is 7.91. The Bertz CT molecular complexity index is 648. The van der Waals surface area contributed by atoms with Gasteiger partial charge in [-0.3, -0.25) is 0 Å². The molecule has 1 N–H and O–H groups in total. The molecule has 2 heterocycles. The summed E-state index contributed by atoms with van der Waals surface area (Å²) in [5.41, 5.74) is 0. The van der Waals surface area contributed by atoms with Crippen molar-refractivity contribution in [3.8, 4) is 0 Å². The summed E-state index contributed by atoms with van der Waals surface area (Å²) in [4.78, 5) is 1.02. The van der Waals surface area contributed by atoms with E-state index in [9.17, 15) is 8.42 Å². The third kappa shape index (κ3) is 4.16. The summed E-state index contributed by atoms with van der Waals surface area (Å²) >= 11 is 1.31. The van der Waals surface area contributed by atoms with Gasteiger partial charge >= 0.3 is 0 Å². The van der Waals surface area contributed by atoms with Crippen molar-refractivity contribution < 1.29 is 12.8 Å². The highest BCUT2D eigenvalue weighted by Gasteiger charge is 2.23. The van der Waals surface area contributed by atoms with Gasteiger partial charge in [-0.05, 0) is 37.2 Å². The van der Waals surface area contributed by atoms with Gasteiger partial charge in [-0.15, -0.1) is 11.3 Å². The lowest BCUT2D eigenvalue weighted by Crippen LogP contribution is -2.25. The second-order valence-corrected chi connectivity index (χ2v) is 8.18. The van der Waals surface area contributed by atoms with Crippen molar-refractivity contribution in [2.75, 3.05) is 13.6 Å². The minimum Gasteiger partial charge on any atom is -0.468 e. The first kappa shape index (κ1) is 16.2. The molecular weight excluding hydrogens is 308 g/mol. The Kier molecular flexibility index (Phi) is 5.58. The maximum absolute atomic E-state index is 12.5. The zero-order valence-corrected chi connectivity index (χ0v) is 13.8. The third-order valence-electron chi connectivity index (χ3n) is 2.99. The minimum absolute atomic E-state index is 0.233. The Morgan fingerprint density at radius 1 is 1.33 bits per heavy atom. The first-order valence-corrected chi connectivity index (χ1v) is 9.08. The zero-order valence-electron chi connectivity index (χ0n) is 12.2. The van der Waals surface area contributed by atoms with E-state index in [0.717, 1.165) is 17.8 Å². The van der Waals surface area contributed by atoms with Crippen molar-refractivity contribution >= 4 is 21.4 Å². The lowest BCUT2D eigenvalue weighted by atomic mass is 10.4. The van der Waals surface area contributed by atoms with Crippen molar-refractivity contribution in [3.63, 3.8) is 0 Å². The molecule has 0 radical (unpaired) electrons. The number of sulfonamides is 1. The SMILES string of the molecule is CCCNCc1ccc(S(=O)(=O)N(C)Cc2ccco2)s1. The fourth-order valence-corrected chi connectivity index (χ4v) is 4.51. The van der Waals surface area contributed by atoms with Crippen molar-refractivity contribution in [1.82, 2.24) is 9.62 Å². The van der Waals surface area contributed by atoms with Gasteiger partial charge in [0.25, 0.3) is 10.0 Å². The Morgan fingerprint density at radius 2 is 2.14 bits per heavy atom. The molecule has 0 saturated heterocycles. The molecule has 0 amide bonds. The van der Waals surface area contributed by atoms with E-state index in [1.54, 1.807) is 31.5 Å². The molecule has 21 heavy (non-hydrogen) atoms. The first-order chi connectivity index (χ1) is 10.0. The van der Waals surface area contributed by atoms with Gasteiger partial charge in [0.15, 0.2) is 0 Å². The number of hydrogen-bond acceptors (Lipinski definition) is 5. The number of rotatable bonds is 8. The molecule has 0 aliphatic heterocycles. The maximum atomic E-state index is 12.5. The molecule has 0 fully saturated rings. The molecule has 0 bridgehead atoms. The van der Waals surface area contributed by atoms with Gasteiger partial charge in [0.05, 0.1) is 12.8 Å². The van der Waals surface area contributed by atoms with Crippen molar-refractivity contribution in [2.45, 2.75) is 30.6 Å². The summed E-state index contributed by atoms with van der Waals surface area (Å²) in [6.45, 7) is 3.96. The van der Waals surface area contributed by atoms with E-state index in [1.165, 1.54) is 15.6 Å². The topological polar surface area (TPSA) is 62.6 Å². The largest absolute Gasteiger partial charge is 0.468 e. The standard InChI is InChI=1S/C14H20N2O3S2/c1-3-8-15-10-13-6-7-14(20-13)21(17,18)16(2)11-12-5-4-9-19-12/h4-7,9,15H,3,8,10-11H2,1-2H3. The molecule has 0 aliphatic rings. The number of nitrogens with zero attached hydrogens (tertiary/aromatic N) is 1. The Hall–Kier alpha value is -1.15. The van der Waals surface area contributed by atoms with Gasteiger partial charge in [-0.25, -0.2) is 8.42 Å². The molecule has 2 aromatic rings. The molecule has 5 nitrogen and oxygen atoms in total. The van der Waals surface area contributed by atoms with Gasteiger partial charge < -0.3 is 9.73 Å². The summed E-state index contributed by atoms with van der Waals surface area (Å²) in [6.07, 6.45) is 2.60. The predicted octanol–water partition coefficient (Wildman–Crippen LogP) is 2.66. The smallest absolute Gasteiger partial charge is 0.252 e. The fraction of sp³-hybridized carbons (Fsp3) is 0.429. The van der Waals surface area contributed by atoms with Crippen LogP contribution in [-0.2, 0) is 23.1 Å². The van der Waals surface area contributed by atoms with Crippen LogP contribution in [0.4, 0.5) is 0 Å². The Morgan fingerprint density at radius 3 is 2.81 bits per heavy atom. The average Bonchev–Trinajstić information content (AvgIpc) is 3.10. The summed E-state index contributed by atoms with van der Waals surface area (Å²) in [6, 6.07) is 7.04. The van der Waals surface area contributed by atoms with Crippen LogP contribution in [0.15, 0.2) is 39.2 Å². The van der Waals surface area contributed by atoms with E-state index >= 15 is 0 Å². The molecule has 2 rings (SSSR count). The highest BCUT2D eigenvalue weighted by Crippen LogP contribution is 2.25. The molecule has 2 aromatic heterocycles. The van der Waals surface area contributed by atoms with Crippen LogP contribution in [0.2, 0.25) is 0 Å². The average molecular weight is 328 g/mol. The van der Waals surface area contributed by atoms with Crippen LogP contribution in [0.1, 0.15) is 24.0 Å². The minimum atomic E-state index is -3.46. The van der Waals surface area contributed by atoms with E-state index in [-0.39, 0.29) is 6.54 Å². The fourth-order valence-electron chi connectivity index (χ4n) is 1.84. The number of thiophene rings is 1. The van der Waals surface area contributed by atoms with Crippen LogP contribution >= 0.6 is 11.3 Å². The Labute approximate surface area is 129 Å². The molecule has 0 spiro atoms. The second kappa shape index (κ2) is 7.22. The van der Waals surface area contributed by atoms with Crippen LogP contribution in [0.25, 0.3) is 0 Å². The Balaban J connectivity index is 2.04. The lowest BCUT2D eigenvalue weighted by Gasteiger charge is -2.14. The van der Waals surface area contributed by atoms with E-state index in [2.05, 4.69) is 12.2 Å². The molecule has 7 heteroatoms. The van der Waals surface area contributed by atoms with Gasteiger partial charge in [0.1, 0.15) is 9.97 Å². The molecule has 0 atom stereocenters. The van der Waals surface area contributed by atoms with Crippen molar-refractivity contribution in [2.24, 2.45) is 0 Å². The molecule has 0 saturated carbocycles. The molecule has 116 valence electrons. The van der Waals surface area contributed by atoms with Crippen molar-refractivity contribution in [1.29, 1.82) is 0 Å². The predicted molar refractivity (Wildman–Crippen MR) is 83.7 cm³/mol. The van der Waals surface area contributed by atoms with E-state index in [1.807, 2.05) is 6.07 Å². The number of hydrogen-bond donors (Lipinski definition) is 1. The zero-order chi connectivity index (χ0) is 15.3. The van der Waals surface area contributed by atoms with Crippen LogP contribution in [0, 0.1) is 0 Å². The molecule has 0 unspecified atom stereocenters. The normalized spacial score (nSPS) is 12.1. The first-order valence-electron chi connectivity index (χ1n) is 6.82. The number of nitrogens with one attached hydrogen (secondary N) is 1. The van der Waals surface area contributed by atoms with E-state index in [4.69, 9.17) is 4.42 Å². The van der Waals surface area contributed by atoms with Gasteiger partial charge in [-0.1, -0.05) is 6.92 Å². The van der Waals surface area contributed by atoms with E-state index in [0.29, 0.717) is 16.5 Å². The number of furan rings is 1.